The number of hydrogen-bond acceptors (Lipinski definition) is 5. The molecule has 2 aromatic rings. The van der Waals surface area contributed by atoms with Gasteiger partial charge in [0.05, 0.1) is 17.0 Å². The predicted molar refractivity (Wildman–Crippen MR) is 120 cm³/mol. The van der Waals surface area contributed by atoms with E-state index in [9.17, 15) is 13.4 Å². The molecule has 3 rings (SSSR count). The van der Waals surface area contributed by atoms with Crippen molar-refractivity contribution in [1.82, 2.24) is 15.2 Å². The molecule has 0 saturated carbocycles. The van der Waals surface area contributed by atoms with Crippen molar-refractivity contribution >= 4 is 16.7 Å². The zero-order valence-corrected chi connectivity index (χ0v) is 19.3. The van der Waals surface area contributed by atoms with Crippen molar-refractivity contribution in [3.63, 3.8) is 0 Å². The van der Waals surface area contributed by atoms with Crippen LogP contribution in [0.3, 0.4) is 0 Å². The number of nitrogens with one attached hydrogen (secondary N) is 1. The van der Waals surface area contributed by atoms with Gasteiger partial charge in [0, 0.05) is 30.4 Å². The Kier molecular flexibility index (Phi) is 8.37. The van der Waals surface area contributed by atoms with E-state index in [2.05, 4.69) is 29.0 Å². The second-order valence-electron chi connectivity index (χ2n) is 8.64. The van der Waals surface area contributed by atoms with E-state index in [1.54, 1.807) is 25.1 Å². The molecule has 0 spiro atoms. The summed E-state index contributed by atoms with van der Waals surface area (Å²) in [5.41, 5.74) is 0.746. The minimum Gasteiger partial charge on any atom is -0.441 e. The molecule has 1 aliphatic rings. The van der Waals surface area contributed by atoms with Crippen LogP contribution in [-0.2, 0) is 21.3 Å². The van der Waals surface area contributed by atoms with Crippen molar-refractivity contribution in [2.45, 2.75) is 39.4 Å². The molecule has 1 N–H and O–H groups in total. The van der Waals surface area contributed by atoms with Crippen LogP contribution in [0.25, 0.3) is 11.5 Å². The molecule has 3 atom stereocenters. The van der Waals surface area contributed by atoms with E-state index >= 15 is 0 Å². The summed E-state index contributed by atoms with van der Waals surface area (Å²) in [6.45, 7) is 10.1. The Morgan fingerprint density at radius 2 is 2.00 bits per heavy atom. The van der Waals surface area contributed by atoms with E-state index < -0.39 is 16.6 Å². The maximum absolute atomic E-state index is 13.9. The lowest BCUT2D eigenvalue weighted by atomic mass is 9.92. The van der Waals surface area contributed by atoms with Crippen LogP contribution >= 0.6 is 0 Å². The molecule has 0 unspecified atom stereocenters. The standard InChI is InChI=1S/C23H32FN3O3S/c1-16-11-17(2)13-27(12-16)10-6-9-25-22(28)15-31(29)14-21-18(3)30-23(26-21)19-7-4-5-8-20(19)24/h4-5,7-8,16-17H,6,9-15H2,1-3H3,(H,25,28)/t16-,17+,31-/m1/s1. The number of likely N-dealkylation sites (tertiary alicyclic amines) is 1. The van der Waals surface area contributed by atoms with Gasteiger partial charge in [-0.2, -0.15) is 0 Å². The number of benzene rings is 1. The van der Waals surface area contributed by atoms with E-state index in [-0.39, 0.29) is 28.9 Å². The second-order valence-corrected chi connectivity index (χ2v) is 10.1. The smallest absolute Gasteiger partial charge is 0.232 e. The molecule has 1 aromatic carbocycles. The number of amides is 1. The molecule has 6 nitrogen and oxygen atoms in total. The van der Waals surface area contributed by atoms with E-state index in [4.69, 9.17) is 4.42 Å². The number of aryl methyl sites for hydroxylation is 1. The summed E-state index contributed by atoms with van der Waals surface area (Å²) in [5, 5.41) is 2.86. The number of rotatable bonds is 9. The van der Waals surface area contributed by atoms with Gasteiger partial charge in [0.1, 0.15) is 17.3 Å². The van der Waals surface area contributed by atoms with Gasteiger partial charge >= 0.3 is 0 Å². The van der Waals surface area contributed by atoms with Gasteiger partial charge in [0.2, 0.25) is 11.8 Å². The first-order chi connectivity index (χ1) is 14.8. The van der Waals surface area contributed by atoms with Crippen LogP contribution in [0, 0.1) is 24.6 Å². The Balaban J connectivity index is 1.41. The number of aromatic nitrogens is 1. The van der Waals surface area contributed by atoms with Crippen LogP contribution in [0.5, 0.6) is 0 Å². The Morgan fingerprint density at radius 1 is 1.29 bits per heavy atom. The molecular formula is C23H32FN3O3S. The van der Waals surface area contributed by atoms with Crippen molar-refractivity contribution in [3.8, 4) is 11.5 Å². The fraction of sp³-hybridized carbons (Fsp3) is 0.565. The third-order valence-corrected chi connectivity index (χ3v) is 6.68. The summed E-state index contributed by atoms with van der Waals surface area (Å²) >= 11 is 0. The number of hydrogen-bond donors (Lipinski definition) is 1. The lowest BCUT2D eigenvalue weighted by molar-refractivity contribution is -0.118. The second kappa shape index (κ2) is 11.0. The van der Waals surface area contributed by atoms with Crippen LogP contribution in [0.15, 0.2) is 28.7 Å². The molecule has 1 saturated heterocycles. The van der Waals surface area contributed by atoms with Crippen molar-refractivity contribution in [2.24, 2.45) is 11.8 Å². The molecular weight excluding hydrogens is 417 g/mol. The van der Waals surface area contributed by atoms with Crippen LogP contribution in [0.1, 0.15) is 38.1 Å². The fourth-order valence-electron chi connectivity index (χ4n) is 4.22. The molecule has 2 heterocycles. The van der Waals surface area contributed by atoms with Gasteiger partial charge in [-0.25, -0.2) is 9.37 Å². The zero-order chi connectivity index (χ0) is 22.4. The number of carbonyl (C=O) groups is 1. The summed E-state index contributed by atoms with van der Waals surface area (Å²) < 4.78 is 31.9. The summed E-state index contributed by atoms with van der Waals surface area (Å²) in [6.07, 6.45) is 2.16. The topological polar surface area (TPSA) is 75.4 Å². The van der Waals surface area contributed by atoms with E-state index in [0.717, 1.165) is 37.9 Å². The summed E-state index contributed by atoms with van der Waals surface area (Å²) in [6, 6.07) is 6.22. The van der Waals surface area contributed by atoms with Crippen molar-refractivity contribution in [3.05, 3.63) is 41.5 Å². The Labute approximate surface area is 186 Å². The van der Waals surface area contributed by atoms with E-state index in [1.165, 1.54) is 12.5 Å². The zero-order valence-electron chi connectivity index (χ0n) is 18.5. The maximum Gasteiger partial charge on any atom is 0.232 e. The molecule has 0 aliphatic carbocycles. The minimum absolute atomic E-state index is 0.0842. The number of halogens is 1. The van der Waals surface area contributed by atoms with Gasteiger partial charge in [-0.3, -0.25) is 9.00 Å². The number of piperidine rings is 1. The van der Waals surface area contributed by atoms with E-state index in [1.807, 2.05) is 0 Å². The highest BCUT2D eigenvalue weighted by Crippen LogP contribution is 2.25. The maximum atomic E-state index is 13.9. The number of carbonyl (C=O) groups excluding carboxylic acids is 1. The highest BCUT2D eigenvalue weighted by molar-refractivity contribution is 7.84. The van der Waals surface area contributed by atoms with Gasteiger partial charge in [-0.05, 0) is 50.3 Å². The predicted octanol–water partition coefficient (Wildman–Crippen LogP) is 3.52. The number of nitrogens with zero attached hydrogens (tertiary/aromatic N) is 2. The highest BCUT2D eigenvalue weighted by Gasteiger charge is 2.21. The summed E-state index contributed by atoms with van der Waals surface area (Å²) in [5.74, 6) is 1.45. The highest BCUT2D eigenvalue weighted by atomic mass is 32.2. The molecule has 8 heteroatoms. The first-order valence-electron chi connectivity index (χ1n) is 10.9. The Morgan fingerprint density at radius 3 is 2.71 bits per heavy atom. The first-order valence-corrected chi connectivity index (χ1v) is 12.4. The van der Waals surface area contributed by atoms with Crippen LogP contribution in [0.2, 0.25) is 0 Å². The minimum atomic E-state index is -1.42. The van der Waals surface area contributed by atoms with Crippen molar-refractivity contribution in [2.75, 3.05) is 31.9 Å². The molecule has 31 heavy (non-hydrogen) atoms. The van der Waals surface area contributed by atoms with Gasteiger partial charge in [-0.1, -0.05) is 26.0 Å². The Bertz CT molecular complexity index is 907. The van der Waals surface area contributed by atoms with Gasteiger partial charge in [0.25, 0.3) is 0 Å². The van der Waals surface area contributed by atoms with Crippen LogP contribution in [-0.4, -0.2) is 51.9 Å². The van der Waals surface area contributed by atoms with Crippen LogP contribution in [0.4, 0.5) is 4.39 Å². The molecule has 1 aliphatic heterocycles. The normalized spacial score (nSPS) is 20.5. The van der Waals surface area contributed by atoms with Gasteiger partial charge < -0.3 is 14.6 Å². The number of oxazole rings is 1. The summed E-state index contributed by atoms with van der Waals surface area (Å²) in [4.78, 5) is 18.9. The molecule has 0 radical (unpaired) electrons. The third-order valence-electron chi connectivity index (χ3n) is 5.50. The molecule has 0 bridgehead atoms. The monoisotopic (exact) mass is 449 g/mol. The SMILES string of the molecule is Cc1oc(-c2ccccc2F)nc1C[S@@](=O)CC(=O)NCCCN1C[C@H](C)C[C@H](C)C1. The van der Waals surface area contributed by atoms with Crippen molar-refractivity contribution < 1.29 is 17.8 Å². The molecule has 1 amide bonds. The largest absolute Gasteiger partial charge is 0.441 e. The first kappa shape index (κ1) is 23.6. The van der Waals surface area contributed by atoms with Crippen molar-refractivity contribution in [1.29, 1.82) is 0 Å². The quantitative estimate of drug-likeness (QED) is 0.593. The lowest BCUT2D eigenvalue weighted by Gasteiger charge is -2.34. The average Bonchev–Trinajstić information content (AvgIpc) is 3.05. The molecule has 1 aromatic heterocycles. The van der Waals surface area contributed by atoms with Gasteiger partial charge in [-0.15, -0.1) is 0 Å². The third kappa shape index (κ3) is 6.97. The van der Waals surface area contributed by atoms with Gasteiger partial charge in [0.15, 0.2) is 0 Å². The Hall–Kier alpha value is -2.06. The average molecular weight is 450 g/mol. The summed E-state index contributed by atoms with van der Waals surface area (Å²) in [7, 11) is -1.42. The van der Waals surface area contributed by atoms with E-state index in [0.29, 0.717) is 18.0 Å². The molecule has 1 fully saturated rings. The fourth-order valence-corrected chi connectivity index (χ4v) is 5.29. The molecule has 170 valence electrons. The van der Waals surface area contributed by atoms with Crippen LogP contribution < -0.4 is 5.32 Å². The lowest BCUT2D eigenvalue weighted by Crippen LogP contribution is -2.40.